The maximum absolute atomic E-state index is 12.7. The van der Waals surface area contributed by atoms with Crippen LogP contribution >= 0.6 is 0 Å². The molecule has 24 heavy (non-hydrogen) atoms. The van der Waals surface area contributed by atoms with Crippen molar-refractivity contribution < 1.29 is 18.4 Å². The van der Waals surface area contributed by atoms with Gasteiger partial charge in [-0.3, -0.25) is 9.59 Å². The van der Waals surface area contributed by atoms with Gasteiger partial charge in [0.25, 0.3) is 5.89 Å². The van der Waals surface area contributed by atoms with E-state index in [4.69, 9.17) is 14.6 Å². The summed E-state index contributed by atoms with van der Waals surface area (Å²) in [5.41, 5.74) is 5.90. The number of aromatic nitrogens is 1. The Bertz CT molecular complexity index is 720. The summed E-state index contributed by atoms with van der Waals surface area (Å²) >= 11 is 0. The summed E-state index contributed by atoms with van der Waals surface area (Å²) in [6.07, 6.45) is 4.66. The maximum Gasteiger partial charge on any atom is 0.263 e. The zero-order valence-corrected chi connectivity index (χ0v) is 13.7. The monoisotopic (exact) mass is 331 g/mol. The summed E-state index contributed by atoms with van der Waals surface area (Å²) in [5.74, 6) is 1.06. The second-order valence-electron chi connectivity index (χ2n) is 6.08. The number of amides is 2. The summed E-state index contributed by atoms with van der Waals surface area (Å²) in [4.78, 5) is 30.0. The molecule has 1 unspecified atom stereocenters. The minimum absolute atomic E-state index is 0.0525. The lowest BCUT2D eigenvalue weighted by Crippen LogP contribution is -2.46. The summed E-state index contributed by atoms with van der Waals surface area (Å²) in [6.45, 7) is 2.43. The van der Waals surface area contributed by atoms with Crippen LogP contribution in [0.5, 0.6) is 0 Å². The van der Waals surface area contributed by atoms with Crippen LogP contribution in [0.1, 0.15) is 37.1 Å². The smallest absolute Gasteiger partial charge is 0.263 e. The van der Waals surface area contributed by atoms with Crippen LogP contribution < -0.4 is 5.73 Å². The van der Waals surface area contributed by atoms with Crippen molar-refractivity contribution in [1.82, 2.24) is 9.88 Å². The van der Waals surface area contributed by atoms with Gasteiger partial charge in [0.05, 0.1) is 18.4 Å². The van der Waals surface area contributed by atoms with Crippen molar-refractivity contribution in [2.45, 2.75) is 45.1 Å². The average molecular weight is 331 g/mol. The van der Waals surface area contributed by atoms with E-state index in [9.17, 15) is 9.59 Å². The number of carbonyl (C=O) groups is 2. The van der Waals surface area contributed by atoms with E-state index in [1.807, 2.05) is 0 Å². The molecular weight excluding hydrogens is 310 g/mol. The lowest BCUT2D eigenvalue weighted by molar-refractivity contribution is -0.135. The van der Waals surface area contributed by atoms with Gasteiger partial charge in [-0.2, -0.15) is 0 Å². The predicted octanol–water partition coefficient (Wildman–Crippen LogP) is 2.04. The molecule has 128 valence electrons. The molecule has 2 amide bonds. The molecule has 0 spiro atoms. The van der Waals surface area contributed by atoms with E-state index in [2.05, 4.69) is 4.98 Å². The molecule has 1 fully saturated rings. The van der Waals surface area contributed by atoms with Crippen molar-refractivity contribution in [3.05, 3.63) is 29.9 Å². The highest BCUT2D eigenvalue weighted by Crippen LogP contribution is 2.24. The number of rotatable bonds is 5. The third-order valence-electron chi connectivity index (χ3n) is 4.33. The molecule has 1 aliphatic rings. The molecule has 3 heterocycles. The van der Waals surface area contributed by atoms with Gasteiger partial charge in [-0.25, -0.2) is 4.98 Å². The number of nitrogens with zero attached hydrogens (tertiary/aromatic N) is 2. The van der Waals surface area contributed by atoms with Crippen molar-refractivity contribution >= 4 is 11.8 Å². The first kappa shape index (κ1) is 16.3. The topological polar surface area (TPSA) is 103 Å². The number of nitrogens with two attached hydrogens (primary N) is 1. The number of likely N-dealkylation sites (tertiary alicyclic amines) is 1. The van der Waals surface area contributed by atoms with Gasteiger partial charge in [0, 0.05) is 19.0 Å². The van der Waals surface area contributed by atoms with Crippen molar-refractivity contribution in [1.29, 1.82) is 0 Å². The largest absolute Gasteiger partial charge is 0.459 e. The van der Waals surface area contributed by atoms with Crippen LogP contribution in [0.4, 0.5) is 0 Å². The zero-order chi connectivity index (χ0) is 17.1. The van der Waals surface area contributed by atoms with Gasteiger partial charge in [-0.15, -0.1) is 0 Å². The Morgan fingerprint density at radius 1 is 1.42 bits per heavy atom. The van der Waals surface area contributed by atoms with Crippen molar-refractivity contribution in [3.8, 4) is 11.7 Å². The maximum atomic E-state index is 12.7. The first-order chi connectivity index (χ1) is 11.5. The van der Waals surface area contributed by atoms with E-state index in [0.717, 1.165) is 19.3 Å². The number of hydrogen-bond acceptors (Lipinski definition) is 5. The summed E-state index contributed by atoms with van der Waals surface area (Å²) in [6, 6.07) is 3.40. The van der Waals surface area contributed by atoms with Crippen LogP contribution in [-0.2, 0) is 16.0 Å². The first-order valence-electron chi connectivity index (χ1n) is 8.12. The van der Waals surface area contributed by atoms with Crippen molar-refractivity contribution in [3.63, 3.8) is 0 Å². The number of hydrogen-bond donors (Lipinski definition) is 1. The number of carbonyl (C=O) groups excluding carboxylic acids is 2. The van der Waals surface area contributed by atoms with E-state index in [1.165, 1.54) is 0 Å². The molecule has 0 saturated carbocycles. The van der Waals surface area contributed by atoms with Crippen LogP contribution in [0.25, 0.3) is 11.7 Å². The minimum atomic E-state index is -0.377. The molecule has 1 saturated heterocycles. The number of furan rings is 1. The average Bonchev–Trinajstić information content (AvgIpc) is 3.17. The third-order valence-corrected chi connectivity index (χ3v) is 4.33. The molecule has 2 aromatic rings. The Morgan fingerprint density at radius 3 is 2.96 bits per heavy atom. The Hall–Kier alpha value is -2.57. The molecule has 0 bridgehead atoms. The Labute approximate surface area is 139 Å². The molecule has 2 aromatic heterocycles. The first-order valence-corrected chi connectivity index (χ1v) is 8.12. The van der Waals surface area contributed by atoms with E-state index in [-0.39, 0.29) is 30.7 Å². The predicted molar refractivity (Wildman–Crippen MR) is 85.8 cm³/mol. The van der Waals surface area contributed by atoms with Gasteiger partial charge >= 0.3 is 0 Å². The Balaban J connectivity index is 1.73. The van der Waals surface area contributed by atoms with Gasteiger partial charge in [0.1, 0.15) is 5.76 Å². The highest BCUT2D eigenvalue weighted by atomic mass is 16.4. The SMILES string of the molecule is Cc1oc(-c2ccco2)nc1CC(=O)N1CCCCC1CC(N)=O. The van der Waals surface area contributed by atoms with Gasteiger partial charge in [0.15, 0.2) is 5.76 Å². The van der Waals surface area contributed by atoms with Gasteiger partial charge in [-0.05, 0) is 38.3 Å². The molecule has 3 rings (SSSR count). The second-order valence-corrected chi connectivity index (χ2v) is 6.08. The molecule has 0 radical (unpaired) electrons. The fourth-order valence-electron chi connectivity index (χ4n) is 3.12. The molecule has 7 heteroatoms. The van der Waals surface area contributed by atoms with E-state index in [1.54, 1.807) is 30.2 Å². The van der Waals surface area contributed by atoms with Gasteiger partial charge < -0.3 is 19.5 Å². The molecular formula is C17H21N3O4. The van der Waals surface area contributed by atoms with Gasteiger partial charge in [-0.1, -0.05) is 0 Å². The highest BCUT2D eigenvalue weighted by molar-refractivity contribution is 5.80. The van der Waals surface area contributed by atoms with Crippen LogP contribution in [0.2, 0.25) is 0 Å². The fourth-order valence-corrected chi connectivity index (χ4v) is 3.12. The summed E-state index contributed by atoms with van der Waals surface area (Å²) < 4.78 is 10.9. The third kappa shape index (κ3) is 3.50. The molecule has 1 atom stereocenters. The second kappa shape index (κ2) is 6.90. The Kier molecular flexibility index (Phi) is 4.69. The Morgan fingerprint density at radius 2 is 2.25 bits per heavy atom. The number of piperidine rings is 1. The molecule has 7 nitrogen and oxygen atoms in total. The minimum Gasteiger partial charge on any atom is -0.459 e. The highest BCUT2D eigenvalue weighted by Gasteiger charge is 2.29. The number of oxazole rings is 1. The molecule has 0 aliphatic carbocycles. The molecule has 2 N–H and O–H groups in total. The standard InChI is InChI=1S/C17H21N3O4/c1-11-13(19-17(24-11)14-6-4-8-23-14)10-16(22)20-7-3-2-5-12(20)9-15(18)21/h4,6,8,12H,2-3,5,7,9-10H2,1H3,(H2,18,21). The van der Waals surface area contributed by atoms with Crippen molar-refractivity contribution in [2.24, 2.45) is 5.73 Å². The number of primary amides is 1. The zero-order valence-electron chi connectivity index (χ0n) is 13.7. The lowest BCUT2D eigenvalue weighted by Gasteiger charge is -2.35. The van der Waals surface area contributed by atoms with E-state index in [0.29, 0.717) is 29.6 Å². The summed E-state index contributed by atoms with van der Waals surface area (Å²) in [5, 5.41) is 0. The normalized spacial score (nSPS) is 17.9. The van der Waals surface area contributed by atoms with E-state index >= 15 is 0 Å². The molecule has 0 aromatic carbocycles. The van der Waals surface area contributed by atoms with Crippen LogP contribution in [-0.4, -0.2) is 34.3 Å². The fraction of sp³-hybridized carbons (Fsp3) is 0.471. The van der Waals surface area contributed by atoms with Gasteiger partial charge in [0.2, 0.25) is 11.8 Å². The van der Waals surface area contributed by atoms with Crippen molar-refractivity contribution in [2.75, 3.05) is 6.54 Å². The van der Waals surface area contributed by atoms with Crippen LogP contribution in [0.15, 0.2) is 27.2 Å². The van der Waals surface area contributed by atoms with E-state index < -0.39 is 0 Å². The number of aryl methyl sites for hydroxylation is 1. The van der Waals surface area contributed by atoms with Crippen LogP contribution in [0.3, 0.4) is 0 Å². The lowest BCUT2D eigenvalue weighted by atomic mass is 9.98. The summed E-state index contributed by atoms with van der Waals surface area (Å²) in [7, 11) is 0. The molecule has 1 aliphatic heterocycles. The van der Waals surface area contributed by atoms with Crippen LogP contribution in [0, 0.1) is 6.92 Å². The quantitative estimate of drug-likeness (QED) is 0.903.